The molecule has 0 spiro atoms. The first-order valence-electron chi connectivity index (χ1n) is 9.18. The molecule has 10 heteroatoms. The number of esters is 1. The van der Waals surface area contributed by atoms with Gasteiger partial charge < -0.3 is 14.5 Å². The van der Waals surface area contributed by atoms with Gasteiger partial charge in [0.05, 0.1) is 17.4 Å². The van der Waals surface area contributed by atoms with Crippen molar-refractivity contribution >= 4 is 40.8 Å². The van der Waals surface area contributed by atoms with Gasteiger partial charge in [-0.1, -0.05) is 23.1 Å². The summed E-state index contributed by atoms with van der Waals surface area (Å²) in [6.45, 7) is 6.90. The number of nitrogens with zero attached hydrogens (tertiary/aromatic N) is 5. The fourth-order valence-corrected chi connectivity index (χ4v) is 4.66. The molecule has 1 aliphatic heterocycles. The Morgan fingerprint density at radius 2 is 2.14 bits per heavy atom. The summed E-state index contributed by atoms with van der Waals surface area (Å²) in [6.07, 6.45) is 2.41. The predicted octanol–water partition coefficient (Wildman–Crippen LogP) is 2.33. The van der Waals surface area contributed by atoms with E-state index in [1.165, 1.54) is 23.1 Å². The number of amides is 1. The lowest BCUT2D eigenvalue weighted by Crippen LogP contribution is -2.39. The minimum Gasteiger partial charge on any atom is -0.462 e. The zero-order valence-electron chi connectivity index (χ0n) is 15.9. The lowest BCUT2D eigenvalue weighted by atomic mass is 10.2. The van der Waals surface area contributed by atoms with Gasteiger partial charge in [0.2, 0.25) is 5.91 Å². The molecular weight excluding hydrogens is 398 g/mol. The molecule has 0 bridgehead atoms. The van der Waals surface area contributed by atoms with Gasteiger partial charge in [-0.15, -0.1) is 10.2 Å². The first-order chi connectivity index (χ1) is 13.6. The Morgan fingerprint density at radius 1 is 1.29 bits per heavy atom. The maximum absolute atomic E-state index is 12.8. The molecule has 1 unspecified atom stereocenters. The van der Waals surface area contributed by atoms with E-state index in [0.717, 1.165) is 29.7 Å². The highest BCUT2D eigenvalue weighted by Gasteiger charge is 2.25. The average Bonchev–Trinajstić information content (AvgIpc) is 3.09. The Hall–Kier alpha value is -2.20. The molecule has 1 fully saturated rings. The first-order valence-corrected chi connectivity index (χ1v) is 10.9. The SMILES string of the molecule is CCOC(=O)c1ccc(N2CCCN(C(=O)C(C)Sc3nncs3)CC2)nc1. The highest BCUT2D eigenvalue weighted by molar-refractivity contribution is 8.02. The van der Waals surface area contributed by atoms with Gasteiger partial charge in [-0.2, -0.15) is 0 Å². The van der Waals surface area contributed by atoms with Gasteiger partial charge in [-0.3, -0.25) is 4.79 Å². The van der Waals surface area contributed by atoms with Crippen molar-refractivity contribution in [3.05, 3.63) is 29.4 Å². The van der Waals surface area contributed by atoms with Crippen LogP contribution in [-0.4, -0.2) is 70.0 Å². The first kappa shape index (κ1) is 20.5. The molecule has 150 valence electrons. The van der Waals surface area contributed by atoms with Gasteiger partial charge in [-0.05, 0) is 32.4 Å². The lowest BCUT2D eigenvalue weighted by Gasteiger charge is -2.24. The zero-order chi connectivity index (χ0) is 19.9. The highest BCUT2D eigenvalue weighted by atomic mass is 32.2. The Morgan fingerprint density at radius 3 is 2.82 bits per heavy atom. The van der Waals surface area contributed by atoms with Gasteiger partial charge >= 0.3 is 5.97 Å². The summed E-state index contributed by atoms with van der Waals surface area (Å²) in [5, 5.41) is 7.62. The van der Waals surface area contributed by atoms with E-state index >= 15 is 0 Å². The van der Waals surface area contributed by atoms with E-state index in [2.05, 4.69) is 20.1 Å². The monoisotopic (exact) mass is 421 g/mol. The number of ether oxygens (including phenoxy) is 1. The summed E-state index contributed by atoms with van der Waals surface area (Å²) in [5.41, 5.74) is 2.11. The van der Waals surface area contributed by atoms with E-state index < -0.39 is 0 Å². The molecule has 1 amide bonds. The topological polar surface area (TPSA) is 88.5 Å². The van der Waals surface area contributed by atoms with E-state index in [0.29, 0.717) is 25.3 Å². The Balaban J connectivity index is 1.57. The van der Waals surface area contributed by atoms with Crippen LogP contribution in [0.5, 0.6) is 0 Å². The van der Waals surface area contributed by atoms with Crippen LogP contribution < -0.4 is 4.90 Å². The zero-order valence-corrected chi connectivity index (χ0v) is 17.5. The molecule has 0 N–H and O–H groups in total. The van der Waals surface area contributed by atoms with Crippen LogP contribution in [0, 0.1) is 0 Å². The van der Waals surface area contributed by atoms with E-state index in [9.17, 15) is 9.59 Å². The van der Waals surface area contributed by atoms with E-state index in [-0.39, 0.29) is 17.1 Å². The summed E-state index contributed by atoms with van der Waals surface area (Å²) >= 11 is 2.89. The molecule has 8 nitrogen and oxygen atoms in total. The molecule has 1 saturated heterocycles. The predicted molar refractivity (Wildman–Crippen MR) is 109 cm³/mol. The average molecular weight is 422 g/mol. The van der Waals surface area contributed by atoms with Gasteiger partial charge in [0.15, 0.2) is 4.34 Å². The van der Waals surface area contributed by atoms with Crippen LogP contribution in [0.2, 0.25) is 0 Å². The van der Waals surface area contributed by atoms with Crippen LogP contribution in [0.4, 0.5) is 5.82 Å². The Bertz CT molecular complexity index is 785. The molecule has 0 aliphatic carbocycles. The van der Waals surface area contributed by atoms with Gasteiger partial charge in [-0.25, -0.2) is 9.78 Å². The largest absolute Gasteiger partial charge is 0.462 e. The van der Waals surface area contributed by atoms with Crippen molar-refractivity contribution in [3.63, 3.8) is 0 Å². The van der Waals surface area contributed by atoms with Crippen LogP contribution in [-0.2, 0) is 9.53 Å². The normalized spacial score (nSPS) is 15.8. The number of pyridine rings is 1. The standard InChI is InChI=1S/C18H23N5O3S2/c1-3-26-17(25)14-5-6-15(19-11-14)22-7-4-8-23(10-9-22)16(24)13(2)28-18-21-20-12-27-18/h5-6,11-13H,3-4,7-10H2,1-2H3. The summed E-state index contributed by atoms with van der Waals surface area (Å²) in [5.74, 6) is 0.558. The third kappa shape index (κ3) is 5.20. The van der Waals surface area contributed by atoms with Crippen LogP contribution in [0.3, 0.4) is 0 Å². The van der Waals surface area contributed by atoms with Crippen molar-refractivity contribution in [2.75, 3.05) is 37.7 Å². The Labute approximate surface area is 172 Å². The maximum atomic E-state index is 12.8. The molecule has 0 aromatic carbocycles. The molecule has 2 aromatic rings. The fraction of sp³-hybridized carbons (Fsp3) is 0.500. The van der Waals surface area contributed by atoms with Gasteiger partial charge in [0.1, 0.15) is 11.3 Å². The number of rotatable bonds is 6. The van der Waals surface area contributed by atoms with Gasteiger partial charge in [0.25, 0.3) is 0 Å². The van der Waals surface area contributed by atoms with Crippen LogP contribution >= 0.6 is 23.1 Å². The van der Waals surface area contributed by atoms with Crippen molar-refractivity contribution in [3.8, 4) is 0 Å². The van der Waals surface area contributed by atoms with E-state index in [1.54, 1.807) is 24.7 Å². The molecule has 2 aromatic heterocycles. The maximum Gasteiger partial charge on any atom is 0.339 e. The number of carbonyl (C=O) groups is 2. The number of thioether (sulfide) groups is 1. The highest BCUT2D eigenvalue weighted by Crippen LogP contribution is 2.26. The molecule has 0 radical (unpaired) electrons. The molecule has 3 heterocycles. The summed E-state index contributed by atoms with van der Waals surface area (Å²) in [7, 11) is 0. The summed E-state index contributed by atoms with van der Waals surface area (Å²) in [4.78, 5) is 33.0. The van der Waals surface area contributed by atoms with Crippen molar-refractivity contribution in [1.82, 2.24) is 20.1 Å². The number of aromatic nitrogens is 3. The van der Waals surface area contributed by atoms with Gasteiger partial charge in [0, 0.05) is 32.4 Å². The summed E-state index contributed by atoms with van der Waals surface area (Å²) in [6, 6.07) is 3.56. The molecule has 3 rings (SSSR count). The Kier molecular flexibility index (Phi) is 7.21. The molecule has 28 heavy (non-hydrogen) atoms. The molecule has 1 atom stereocenters. The van der Waals surface area contributed by atoms with E-state index in [4.69, 9.17) is 4.74 Å². The number of hydrogen-bond acceptors (Lipinski definition) is 9. The summed E-state index contributed by atoms with van der Waals surface area (Å²) < 4.78 is 5.80. The third-order valence-corrected chi connectivity index (χ3v) is 6.25. The van der Waals surface area contributed by atoms with Crippen LogP contribution in [0.1, 0.15) is 30.6 Å². The van der Waals surface area contributed by atoms with Crippen molar-refractivity contribution < 1.29 is 14.3 Å². The second kappa shape index (κ2) is 9.83. The molecule has 1 aliphatic rings. The van der Waals surface area contributed by atoms with Crippen molar-refractivity contribution in [2.24, 2.45) is 0 Å². The van der Waals surface area contributed by atoms with Crippen molar-refractivity contribution in [1.29, 1.82) is 0 Å². The minimum absolute atomic E-state index is 0.118. The van der Waals surface area contributed by atoms with E-state index in [1.807, 2.05) is 17.9 Å². The quantitative estimate of drug-likeness (QED) is 0.519. The third-order valence-electron chi connectivity index (χ3n) is 4.36. The number of hydrogen-bond donors (Lipinski definition) is 0. The molecule has 0 saturated carbocycles. The number of anilines is 1. The smallest absolute Gasteiger partial charge is 0.339 e. The molecular formula is C18H23N5O3S2. The van der Waals surface area contributed by atoms with Crippen LogP contribution in [0.15, 0.2) is 28.2 Å². The van der Waals surface area contributed by atoms with Crippen LogP contribution in [0.25, 0.3) is 0 Å². The minimum atomic E-state index is -0.365. The second-order valence-electron chi connectivity index (χ2n) is 6.26. The second-order valence-corrected chi connectivity index (χ2v) is 8.68. The van der Waals surface area contributed by atoms with Crippen molar-refractivity contribution in [2.45, 2.75) is 29.9 Å². The number of carbonyl (C=O) groups excluding carboxylic acids is 2. The fourth-order valence-electron chi connectivity index (χ4n) is 2.95. The lowest BCUT2D eigenvalue weighted by molar-refractivity contribution is -0.130.